The maximum absolute atomic E-state index is 1.46. The fraction of sp³-hybridized carbons (Fsp3) is 0. The van der Waals surface area contributed by atoms with E-state index < -0.39 is 0 Å². The van der Waals surface area contributed by atoms with Gasteiger partial charge in [0.15, 0.2) is 0 Å². The normalized spacial score (nSPS) is 15.0. The van der Waals surface area contributed by atoms with Crippen molar-refractivity contribution in [1.29, 1.82) is 0 Å². The van der Waals surface area contributed by atoms with E-state index in [0.29, 0.717) is 29.6 Å². The Balaban J connectivity index is 1.97. The molecule has 0 radical (unpaired) electrons. The van der Waals surface area contributed by atoms with E-state index in [9.17, 15) is 0 Å². The standard InChI is InChI=1S/2GeH3.2Sn.4H/h2*1H3;;;;;;. The van der Waals surface area contributed by atoms with Crippen LogP contribution in [-0.4, -0.2) is 56.1 Å². The molecule has 0 aromatic heterocycles. The van der Waals surface area contributed by atoms with Crippen molar-refractivity contribution in [1.82, 2.24) is 0 Å². The van der Waals surface area contributed by atoms with Crippen molar-refractivity contribution in [3.05, 3.63) is 0 Å². The van der Waals surface area contributed by atoms with Crippen molar-refractivity contribution in [3.8, 4) is 0 Å². The van der Waals surface area contributed by atoms with Crippen molar-refractivity contribution < 1.29 is 0 Å². The van der Waals surface area contributed by atoms with Gasteiger partial charge in [-0.1, -0.05) is 0 Å². The Morgan fingerprint density at radius 3 is 1.25 bits per heavy atom. The van der Waals surface area contributed by atoms with Crippen LogP contribution in [0.3, 0.4) is 0 Å². The van der Waals surface area contributed by atoms with Crippen LogP contribution >= 0.6 is 0 Å². The van der Waals surface area contributed by atoms with Crippen LogP contribution in [-0.2, 0) is 0 Å². The molecule has 0 nitrogen and oxygen atoms in total. The molecule has 4 heavy (non-hydrogen) atoms. The third kappa shape index (κ3) is 4.68. The quantitative estimate of drug-likeness (QED) is 0.397. The third-order valence-electron chi connectivity index (χ3n) is 0.500. The Morgan fingerprint density at radius 2 is 1.25 bits per heavy atom. The van der Waals surface area contributed by atoms with Crippen LogP contribution in [0.15, 0.2) is 0 Å². The van der Waals surface area contributed by atoms with Gasteiger partial charge < -0.3 is 0 Å². The van der Waals surface area contributed by atoms with Gasteiger partial charge in [0.05, 0.1) is 0 Å². The Morgan fingerprint density at radius 1 is 1.00 bits per heavy atom. The second-order valence-corrected chi connectivity index (χ2v) is 234. The summed E-state index contributed by atoms with van der Waals surface area (Å²) in [5, 5.41) is 0. The van der Waals surface area contributed by atoms with E-state index in [2.05, 4.69) is 0 Å². The van der Waals surface area contributed by atoms with Gasteiger partial charge in [-0.3, -0.25) is 0 Å². The summed E-state index contributed by atoms with van der Waals surface area (Å²) in [5.41, 5.74) is 0. The van der Waals surface area contributed by atoms with E-state index in [1.807, 2.05) is 0 Å². The summed E-state index contributed by atoms with van der Waals surface area (Å²) in [6.07, 6.45) is 0. The van der Waals surface area contributed by atoms with Crippen molar-refractivity contribution in [3.63, 3.8) is 0 Å². The van der Waals surface area contributed by atoms with E-state index >= 15 is 0 Å². The molecule has 0 bridgehead atoms. The molecule has 0 unspecified atom stereocenters. The van der Waals surface area contributed by atoms with Gasteiger partial charge in [-0.15, -0.1) is 0 Å². The van der Waals surface area contributed by atoms with Crippen LogP contribution < -0.4 is 0 Å². The SMILES string of the molecule is [GeH3][SnH2][SnH2][GeH3]. The van der Waals surface area contributed by atoms with Crippen LogP contribution in [0.1, 0.15) is 0 Å². The molecule has 0 aliphatic carbocycles. The van der Waals surface area contributed by atoms with Crippen molar-refractivity contribution in [2.24, 2.45) is 0 Å². The van der Waals surface area contributed by atoms with E-state index in [-0.39, 0.29) is 0 Å². The molecule has 0 aromatic rings. The maximum atomic E-state index is 1.46. The molecule has 0 heterocycles. The Labute approximate surface area is 54.8 Å². The Bertz CT molecular complexity index is 6.00. The van der Waals surface area contributed by atoms with Gasteiger partial charge >= 0.3 is 56.1 Å². The first-order valence-corrected chi connectivity index (χ1v) is 71.8. The molecule has 0 saturated heterocycles. The molecule has 0 atom stereocenters. The molecule has 0 aromatic carbocycles. The van der Waals surface area contributed by atoms with Crippen molar-refractivity contribution >= 4 is 56.1 Å². The fourth-order valence-electron chi connectivity index (χ4n) is 0. The minimum absolute atomic E-state index is 0.447. The van der Waals surface area contributed by atoms with Crippen LogP contribution in [0, 0.1) is 0 Å². The summed E-state index contributed by atoms with van der Waals surface area (Å²) in [4.78, 5) is 0. The number of hydrogen-bond acceptors (Lipinski definition) is 0. The van der Waals surface area contributed by atoms with E-state index in [0.717, 1.165) is 0 Å². The molecular formula is H10Ge2Sn2. The zero-order valence-electron chi connectivity index (χ0n) is 3.41. The van der Waals surface area contributed by atoms with E-state index in [1.54, 1.807) is 0 Å². The molecule has 0 spiro atoms. The molecule has 0 aliphatic rings. The van der Waals surface area contributed by atoms with Crippen LogP contribution in [0.4, 0.5) is 0 Å². The van der Waals surface area contributed by atoms with Gasteiger partial charge in [-0.2, -0.15) is 0 Å². The van der Waals surface area contributed by atoms with E-state index in [4.69, 9.17) is 0 Å². The molecule has 0 aliphatic heterocycles. The van der Waals surface area contributed by atoms with Gasteiger partial charge in [-0.25, -0.2) is 0 Å². The molecule has 4 heteroatoms. The molecule has 0 rings (SSSR count). The molecule has 0 saturated carbocycles. The molecule has 0 amide bonds. The van der Waals surface area contributed by atoms with Gasteiger partial charge in [-0.05, 0) is 0 Å². The predicted molar refractivity (Wildman–Crippen MR) is 37.0 cm³/mol. The first-order chi connectivity index (χ1) is 1.91. The van der Waals surface area contributed by atoms with Crippen LogP contribution in [0.5, 0.6) is 0 Å². The Hall–Kier alpha value is 2.68. The van der Waals surface area contributed by atoms with Gasteiger partial charge in [0.1, 0.15) is 0 Å². The number of rotatable bonds is 1. The topological polar surface area (TPSA) is 0 Å². The zero-order chi connectivity index (χ0) is 3.41. The predicted octanol–water partition coefficient (Wildman–Crippen LogP) is -4.20. The molecular weight excluding hydrogens is 383 g/mol. The van der Waals surface area contributed by atoms with Gasteiger partial charge in [0.25, 0.3) is 0 Å². The zero-order valence-corrected chi connectivity index (χ0v) is 19.9. The van der Waals surface area contributed by atoms with Gasteiger partial charge in [0, 0.05) is 0 Å². The number of hydrogen-bond donors (Lipinski definition) is 0. The summed E-state index contributed by atoms with van der Waals surface area (Å²) in [6, 6.07) is 0. The molecule has 26 valence electrons. The van der Waals surface area contributed by atoms with E-state index in [1.165, 1.54) is 26.4 Å². The average Bonchev–Trinajstić information content (AvgIpc) is 1.37. The second-order valence-electron chi connectivity index (χ2n) is 1.000. The molecule has 0 fully saturated rings. The minimum atomic E-state index is 0.447. The average molecular weight is 393 g/mol. The van der Waals surface area contributed by atoms with Crippen LogP contribution in [0.25, 0.3) is 0 Å². The van der Waals surface area contributed by atoms with Crippen LogP contribution in [0.2, 0.25) is 0 Å². The first kappa shape index (κ1) is 6.68. The fourth-order valence-corrected chi connectivity index (χ4v) is 0. The van der Waals surface area contributed by atoms with Gasteiger partial charge in [0.2, 0.25) is 0 Å². The molecule has 0 N–H and O–H groups in total. The Kier molecular flexibility index (Phi) is 9.50. The monoisotopic (exact) mass is 398 g/mol. The summed E-state index contributed by atoms with van der Waals surface area (Å²) < 4.78 is 0. The summed E-state index contributed by atoms with van der Waals surface area (Å²) in [7, 11) is 0. The third-order valence-corrected chi connectivity index (χ3v) is 608. The van der Waals surface area contributed by atoms with Crippen molar-refractivity contribution in [2.75, 3.05) is 0 Å². The summed E-state index contributed by atoms with van der Waals surface area (Å²) in [5.74, 6) is 0. The second kappa shape index (κ2) is 5.68. The first-order valence-electron chi connectivity index (χ1n) is 1.91. The summed E-state index contributed by atoms with van der Waals surface area (Å²) in [6.45, 7) is 0. The van der Waals surface area contributed by atoms with Crippen molar-refractivity contribution in [2.45, 2.75) is 0 Å². The summed E-state index contributed by atoms with van der Waals surface area (Å²) >= 11 is 3.82.